The fraction of sp³-hybridized carbons (Fsp3) is 0.100. The molecule has 1 heterocycles. The van der Waals surface area contributed by atoms with Crippen LogP contribution in [0, 0.1) is 0 Å². The summed E-state index contributed by atoms with van der Waals surface area (Å²) in [5.41, 5.74) is 0. The van der Waals surface area contributed by atoms with Gasteiger partial charge in [0.15, 0.2) is 0 Å². The second-order valence-electron chi connectivity index (χ2n) is 2.96. The number of hydrogen-bond acceptors (Lipinski definition) is 1. The van der Waals surface area contributed by atoms with E-state index in [1.165, 1.54) is 0 Å². The summed E-state index contributed by atoms with van der Waals surface area (Å²) in [7, 11) is 0. The van der Waals surface area contributed by atoms with E-state index in [-0.39, 0.29) is 5.91 Å². The van der Waals surface area contributed by atoms with Crippen molar-refractivity contribution < 1.29 is 4.79 Å². The van der Waals surface area contributed by atoms with E-state index in [9.17, 15) is 4.79 Å². The molecule has 0 radical (unpaired) electrons. The Hall–Kier alpha value is -1.09. The maximum Gasteiger partial charge on any atom is 0.227 e. The van der Waals surface area contributed by atoms with Crippen molar-refractivity contribution in [3.05, 3.63) is 35.1 Å². The summed E-state index contributed by atoms with van der Waals surface area (Å²) in [5.74, 6) is 0.0346. The van der Waals surface area contributed by atoms with Gasteiger partial charge in [-0.25, -0.2) is 0 Å². The summed E-state index contributed by atoms with van der Waals surface area (Å²) in [6.45, 7) is 1.55. The molecule has 2 nitrogen and oxygen atoms in total. The molecule has 0 amide bonds. The van der Waals surface area contributed by atoms with Crippen LogP contribution in [0.2, 0.25) is 0 Å². The molecule has 0 saturated heterocycles. The topological polar surface area (TPSA) is 22.0 Å². The first kappa shape index (κ1) is 8.51. The Morgan fingerprint density at radius 2 is 2.00 bits per heavy atom. The number of aromatic nitrogens is 1. The number of benzene rings is 1. The number of carbonyl (C=O) groups is 1. The Kier molecular flexibility index (Phi) is 1.96. The summed E-state index contributed by atoms with van der Waals surface area (Å²) >= 11 is 3.38. The summed E-state index contributed by atoms with van der Waals surface area (Å²) < 4.78 is 2.62. The van der Waals surface area contributed by atoms with E-state index < -0.39 is 0 Å². The third kappa shape index (κ3) is 1.52. The first-order valence-electron chi connectivity index (χ1n) is 3.95. The molecule has 0 fully saturated rings. The van der Waals surface area contributed by atoms with E-state index in [4.69, 9.17) is 0 Å². The average Bonchev–Trinajstić information content (AvgIpc) is 2.46. The van der Waals surface area contributed by atoms with Crippen LogP contribution in [0.4, 0.5) is 0 Å². The molecule has 0 aliphatic rings. The molecule has 1 aromatic heterocycles. The van der Waals surface area contributed by atoms with Crippen molar-refractivity contribution in [2.24, 2.45) is 0 Å². The molecule has 13 heavy (non-hydrogen) atoms. The van der Waals surface area contributed by atoms with Gasteiger partial charge < -0.3 is 0 Å². The zero-order chi connectivity index (χ0) is 9.42. The largest absolute Gasteiger partial charge is 0.294 e. The van der Waals surface area contributed by atoms with Gasteiger partial charge in [-0.1, -0.05) is 22.0 Å². The van der Waals surface area contributed by atoms with Crippen LogP contribution < -0.4 is 0 Å². The van der Waals surface area contributed by atoms with Crippen molar-refractivity contribution in [2.75, 3.05) is 0 Å². The van der Waals surface area contributed by atoms with Gasteiger partial charge >= 0.3 is 0 Å². The highest BCUT2D eigenvalue weighted by Crippen LogP contribution is 2.20. The lowest BCUT2D eigenvalue weighted by Gasteiger charge is -1.89. The molecule has 2 aromatic rings. The molecule has 1 aromatic carbocycles. The Labute approximate surface area is 84.3 Å². The van der Waals surface area contributed by atoms with Crippen LogP contribution >= 0.6 is 15.9 Å². The Bertz CT molecular complexity index is 473. The zero-order valence-corrected chi connectivity index (χ0v) is 8.71. The van der Waals surface area contributed by atoms with Crippen LogP contribution in [0.3, 0.4) is 0 Å². The predicted molar refractivity (Wildman–Crippen MR) is 55.9 cm³/mol. The van der Waals surface area contributed by atoms with Crippen molar-refractivity contribution in [3.8, 4) is 0 Å². The van der Waals surface area contributed by atoms with E-state index in [1.807, 2.05) is 30.6 Å². The number of fused-ring (bicyclic) bond motifs is 1. The summed E-state index contributed by atoms with van der Waals surface area (Å²) in [6.07, 6.45) is 3.67. The van der Waals surface area contributed by atoms with Crippen LogP contribution in [0.15, 0.2) is 35.1 Å². The van der Waals surface area contributed by atoms with Gasteiger partial charge in [-0.15, -0.1) is 0 Å². The number of nitrogens with zero attached hydrogens (tertiary/aromatic N) is 1. The van der Waals surface area contributed by atoms with Crippen molar-refractivity contribution in [2.45, 2.75) is 6.92 Å². The van der Waals surface area contributed by atoms with Crippen LogP contribution in [-0.2, 0) is 0 Å². The highest BCUT2D eigenvalue weighted by Gasteiger charge is 2.01. The summed E-state index contributed by atoms with van der Waals surface area (Å²) in [6, 6.07) is 5.94. The van der Waals surface area contributed by atoms with Crippen molar-refractivity contribution in [1.82, 2.24) is 4.57 Å². The van der Waals surface area contributed by atoms with Gasteiger partial charge in [0, 0.05) is 29.2 Å². The fourth-order valence-electron chi connectivity index (χ4n) is 1.29. The van der Waals surface area contributed by atoms with E-state index in [2.05, 4.69) is 15.9 Å². The lowest BCUT2D eigenvalue weighted by Crippen LogP contribution is -2.00. The van der Waals surface area contributed by atoms with E-state index in [1.54, 1.807) is 11.5 Å². The van der Waals surface area contributed by atoms with Crippen LogP contribution in [0.25, 0.3) is 10.8 Å². The smallest absolute Gasteiger partial charge is 0.227 e. The van der Waals surface area contributed by atoms with Crippen molar-refractivity contribution >= 4 is 32.6 Å². The van der Waals surface area contributed by atoms with E-state index in [0.29, 0.717) is 0 Å². The van der Waals surface area contributed by atoms with Gasteiger partial charge in [-0.3, -0.25) is 9.36 Å². The molecule has 0 N–H and O–H groups in total. The molecule has 0 aliphatic carbocycles. The lowest BCUT2D eigenvalue weighted by molar-refractivity contribution is 0.0937. The average molecular weight is 238 g/mol. The monoisotopic (exact) mass is 237 g/mol. The van der Waals surface area contributed by atoms with Gasteiger partial charge in [0.1, 0.15) is 0 Å². The number of hydrogen-bond donors (Lipinski definition) is 0. The minimum absolute atomic E-state index is 0.0346. The van der Waals surface area contributed by atoms with Gasteiger partial charge in [-0.2, -0.15) is 0 Å². The predicted octanol–water partition coefficient (Wildman–Crippen LogP) is 3.06. The van der Waals surface area contributed by atoms with Gasteiger partial charge in [0.25, 0.3) is 0 Å². The van der Waals surface area contributed by atoms with Gasteiger partial charge in [-0.05, 0) is 17.5 Å². The normalized spacial score (nSPS) is 10.6. The lowest BCUT2D eigenvalue weighted by atomic mass is 10.2. The molecule has 2 rings (SSSR count). The highest BCUT2D eigenvalue weighted by molar-refractivity contribution is 9.10. The molecular weight excluding hydrogens is 230 g/mol. The second-order valence-corrected chi connectivity index (χ2v) is 3.87. The zero-order valence-electron chi connectivity index (χ0n) is 7.12. The molecular formula is C10H8BrNO. The SMILES string of the molecule is CC(=O)n1cc2ccc(Br)cc2c1. The number of rotatable bonds is 0. The summed E-state index contributed by atoms with van der Waals surface area (Å²) in [5, 5.41) is 2.16. The van der Waals surface area contributed by atoms with Crippen molar-refractivity contribution in [3.63, 3.8) is 0 Å². The molecule has 66 valence electrons. The molecule has 0 saturated carbocycles. The molecule has 0 spiro atoms. The molecule has 0 bridgehead atoms. The molecule has 0 aliphatic heterocycles. The maximum atomic E-state index is 11.1. The van der Waals surface area contributed by atoms with Crippen molar-refractivity contribution in [1.29, 1.82) is 0 Å². The Morgan fingerprint density at radius 1 is 1.31 bits per heavy atom. The third-order valence-electron chi connectivity index (χ3n) is 1.97. The van der Waals surface area contributed by atoms with Crippen LogP contribution in [0.1, 0.15) is 11.7 Å². The Balaban J connectivity index is 2.68. The van der Waals surface area contributed by atoms with Crippen LogP contribution in [-0.4, -0.2) is 10.5 Å². The number of halogens is 1. The molecule has 3 heteroatoms. The van der Waals surface area contributed by atoms with Gasteiger partial charge in [0.2, 0.25) is 5.91 Å². The van der Waals surface area contributed by atoms with Crippen LogP contribution in [0.5, 0.6) is 0 Å². The van der Waals surface area contributed by atoms with Gasteiger partial charge in [0.05, 0.1) is 0 Å². The first-order chi connectivity index (χ1) is 6.16. The summed E-state index contributed by atoms with van der Waals surface area (Å²) in [4.78, 5) is 11.1. The molecule has 0 unspecified atom stereocenters. The maximum absolute atomic E-state index is 11.1. The molecule has 0 atom stereocenters. The standard InChI is InChI=1S/C10H8BrNO/c1-7(13)12-5-8-2-3-10(11)4-9(8)6-12/h2-6H,1H3. The van der Waals surface area contributed by atoms with E-state index >= 15 is 0 Å². The Morgan fingerprint density at radius 3 is 2.69 bits per heavy atom. The minimum atomic E-state index is 0.0346. The van der Waals surface area contributed by atoms with E-state index in [0.717, 1.165) is 15.2 Å². The number of carbonyl (C=O) groups excluding carboxylic acids is 1. The quantitative estimate of drug-likeness (QED) is 0.691. The fourth-order valence-corrected chi connectivity index (χ4v) is 1.67. The minimum Gasteiger partial charge on any atom is -0.294 e. The first-order valence-corrected chi connectivity index (χ1v) is 4.74. The third-order valence-corrected chi connectivity index (χ3v) is 2.46. The second kappa shape index (κ2) is 3.00. The highest BCUT2D eigenvalue weighted by atomic mass is 79.9.